The van der Waals surface area contributed by atoms with Gasteiger partial charge in [0.25, 0.3) is 0 Å². The number of aromatic nitrogens is 1. The third kappa shape index (κ3) is 3.04. The fraction of sp³-hybridized carbons (Fsp3) is 0.700. The summed E-state index contributed by atoms with van der Waals surface area (Å²) >= 11 is 5.15. The summed E-state index contributed by atoms with van der Waals surface area (Å²) in [5.74, 6) is 0. The highest BCUT2D eigenvalue weighted by molar-refractivity contribution is 9.11. The molecule has 0 N–H and O–H groups in total. The largest absolute Gasteiger partial charge is 0.298 e. The average molecular weight is 275 g/mol. The Kier molecular flexibility index (Phi) is 3.96. The van der Waals surface area contributed by atoms with Crippen LogP contribution in [0.2, 0.25) is 0 Å². The van der Waals surface area contributed by atoms with E-state index >= 15 is 0 Å². The molecular weight excluding hydrogens is 260 g/mol. The molecule has 0 aliphatic carbocycles. The van der Waals surface area contributed by atoms with Gasteiger partial charge in [0.1, 0.15) is 0 Å². The fourth-order valence-electron chi connectivity index (χ4n) is 1.87. The molecule has 2 heterocycles. The van der Waals surface area contributed by atoms with Crippen LogP contribution in [0.3, 0.4) is 0 Å². The molecule has 2 nitrogen and oxygen atoms in total. The lowest BCUT2D eigenvalue weighted by Gasteiger charge is -2.17. The first-order chi connectivity index (χ1) is 6.84. The molecule has 1 aromatic rings. The quantitative estimate of drug-likeness (QED) is 0.823. The second-order valence-electron chi connectivity index (χ2n) is 3.77. The lowest BCUT2D eigenvalue weighted by molar-refractivity contribution is 0.279. The summed E-state index contributed by atoms with van der Waals surface area (Å²) in [5, 5.41) is 0. The molecule has 78 valence electrons. The van der Waals surface area contributed by atoms with Crippen LogP contribution in [0.5, 0.6) is 0 Å². The molecule has 1 aliphatic heterocycles. The van der Waals surface area contributed by atoms with Crippen LogP contribution in [0.25, 0.3) is 0 Å². The van der Waals surface area contributed by atoms with Crippen molar-refractivity contribution in [1.82, 2.24) is 9.88 Å². The number of nitrogens with zero attached hydrogens (tertiary/aromatic N) is 2. The number of halogens is 1. The van der Waals surface area contributed by atoms with Crippen LogP contribution in [0, 0.1) is 0 Å². The summed E-state index contributed by atoms with van der Waals surface area (Å²) in [7, 11) is 0. The normalized spacial score (nSPS) is 19.5. The van der Waals surface area contributed by atoms with Crippen molar-refractivity contribution in [2.45, 2.75) is 32.2 Å². The molecule has 2 rings (SSSR count). The van der Waals surface area contributed by atoms with Crippen molar-refractivity contribution < 1.29 is 0 Å². The second-order valence-corrected chi connectivity index (χ2v) is 6.16. The molecule has 0 unspecified atom stereocenters. The molecule has 1 saturated heterocycles. The van der Waals surface area contributed by atoms with Gasteiger partial charge in [0.05, 0.1) is 0 Å². The van der Waals surface area contributed by atoms with Gasteiger partial charge in [-0.1, -0.05) is 12.8 Å². The van der Waals surface area contributed by atoms with Crippen LogP contribution in [-0.2, 0) is 6.54 Å². The summed E-state index contributed by atoms with van der Waals surface area (Å²) in [6.45, 7) is 3.61. The third-order valence-electron chi connectivity index (χ3n) is 2.60. The molecule has 14 heavy (non-hydrogen) atoms. The van der Waals surface area contributed by atoms with Gasteiger partial charge in [-0.15, -0.1) is 11.3 Å². The maximum atomic E-state index is 4.21. The summed E-state index contributed by atoms with van der Waals surface area (Å²) in [5.41, 5.74) is 0. The molecule has 4 heteroatoms. The Balaban J connectivity index is 1.89. The SMILES string of the molecule is Brc1ncc(CN2CCCCCC2)s1. The number of rotatable bonds is 2. The zero-order valence-corrected chi connectivity index (χ0v) is 10.6. The van der Waals surface area contributed by atoms with Crippen molar-refractivity contribution in [3.05, 3.63) is 15.0 Å². The first kappa shape index (κ1) is 10.6. The van der Waals surface area contributed by atoms with E-state index < -0.39 is 0 Å². The van der Waals surface area contributed by atoms with Gasteiger partial charge in [0.15, 0.2) is 3.92 Å². The highest BCUT2D eigenvalue weighted by atomic mass is 79.9. The maximum absolute atomic E-state index is 4.21. The Morgan fingerprint density at radius 2 is 2.00 bits per heavy atom. The number of thiazole rings is 1. The van der Waals surface area contributed by atoms with Gasteiger partial charge in [-0.25, -0.2) is 4.98 Å². The molecule has 0 atom stereocenters. The number of hydrogen-bond acceptors (Lipinski definition) is 3. The van der Waals surface area contributed by atoms with Crippen LogP contribution in [0.4, 0.5) is 0 Å². The van der Waals surface area contributed by atoms with Gasteiger partial charge in [0, 0.05) is 17.6 Å². The minimum absolute atomic E-state index is 1.00. The summed E-state index contributed by atoms with van der Waals surface area (Å²) in [6.07, 6.45) is 7.52. The lowest BCUT2D eigenvalue weighted by atomic mass is 10.2. The number of likely N-dealkylation sites (tertiary alicyclic amines) is 1. The molecule has 0 saturated carbocycles. The van der Waals surface area contributed by atoms with Gasteiger partial charge < -0.3 is 0 Å². The molecular formula is C10H15BrN2S. The minimum Gasteiger partial charge on any atom is -0.298 e. The van der Waals surface area contributed by atoms with Crippen molar-refractivity contribution in [3.63, 3.8) is 0 Å². The third-order valence-corrected chi connectivity index (χ3v) is 4.06. The van der Waals surface area contributed by atoms with Crippen molar-refractivity contribution in [2.24, 2.45) is 0 Å². The van der Waals surface area contributed by atoms with Crippen LogP contribution < -0.4 is 0 Å². The van der Waals surface area contributed by atoms with Gasteiger partial charge in [-0.3, -0.25) is 4.90 Å². The van der Waals surface area contributed by atoms with E-state index in [0.717, 1.165) is 10.5 Å². The predicted octanol–water partition coefficient (Wildman–Crippen LogP) is 3.28. The Morgan fingerprint density at radius 1 is 1.29 bits per heavy atom. The molecule has 0 spiro atoms. The van der Waals surface area contributed by atoms with E-state index in [1.54, 1.807) is 11.3 Å². The van der Waals surface area contributed by atoms with Crippen LogP contribution in [-0.4, -0.2) is 23.0 Å². The van der Waals surface area contributed by atoms with Crippen molar-refractivity contribution in [3.8, 4) is 0 Å². The topological polar surface area (TPSA) is 16.1 Å². The molecule has 1 aromatic heterocycles. The summed E-state index contributed by atoms with van der Waals surface area (Å²) in [6, 6.07) is 0. The highest BCUT2D eigenvalue weighted by Crippen LogP contribution is 2.21. The van der Waals surface area contributed by atoms with E-state index in [-0.39, 0.29) is 0 Å². The van der Waals surface area contributed by atoms with Crippen LogP contribution in [0.15, 0.2) is 10.1 Å². The number of hydrogen-bond donors (Lipinski definition) is 0. The van der Waals surface area contributed by atoms with E-state index in [9.17, 15) is 0 Å². The van der Waals surface area contributed by atoms with E-state index in [1.807, 2.05) is 6.20 Å². The van der Waals surface area contributed by atoms with E-state index in [0.29, 0.717) is 0 Å². The molecule has 1 aliphatic rings. The fourth-order valence-corrected chi connectivity index (χ4v) is 3.27. The molecule has 0 aromatic carbocycles. The van der Waals surface area contributed by atoms with Gasteiger partial charge >= 0.3 is 0 Å². The van der Waals surface area contributed by atoms with Gasteiger partial charge in [0.2, 0.25) is 0 Å². The smallest absolute Gasteiger partial charge is 0.159 e. The Morgan fingerprint density at radius 3 is 2.57 bits per heavy atom. The monoisotopic (exact) mass is 274 g/mol. The van der Waals surface area contributed by atoms with Crippen molar-refractivity contribution in [1.29, 1.82) is 0 Å². The molecule has 0 amide bonds. The summed E-state index contributed by atoms with van der Waals surface area (Å²) in [4.78, 5) is 8.14. The molecule has 1 fully saturated rings. The standard InChI is InChI=1S/C10H15BrN2S/c11-10-12-7-9(14-10)8-13-5-3-1-2-4-6-13/h7H,1-6,8H2. The predicted molar refractivity (Wildman–Crippen MR) is 63.6 cm³/mol. The van der Waals surface area contributed by atoms with Crippen molar-refractivity contribution in [2.75, 3.05) is 13.1 Å². The Labute approximate surface area is 97.5 Å². The molecule has 0 radical (unpaired) electrons. The first-order valence-electron chi connectivity index (χ1n) is 5.17. The Hall–Kier alpha value is 0.0700. The second kappa shape index (κ2) is 5.24. The van der Waals surface area contributed by atoms with Crippen molar-refractivity contribution >= 4 is 27.3 Å². The highest BCUT2D eigenvalue weighted by Gasteiger charge is 2.10. The van der Waals surface area contributed by atoms with Gasteiger partial charge in [-0.05, 0) is 41.9 Å². The maximum Gasteiger partial charge on any atom is 0.159 e. The van der Waals surface area contributed by atoms with E-state index in [1.165, 1.54) is 43.6 Å². The van der Waals surface area contributed by atoms with E-state index in [2.05, 4.69) is 25.8 Å². The zero-order valence-electron chi connectivity index (χ0n) is 8.21. The first-order valence-corrected chi connectivity index (χ1v) is 6.78. The minimum atomic E-state index is 1.00. The average Bonchev–Trinajstić information content (AvgIpc) is 2.43. The van der Waals surface area contributed by atoms with Crippen LogP contribution in [0.1, 0.15) is 30.6 Å². The van der Waals surface area contributed by atoms with Gasteiger partial charge in [-0.2, -0.15) is 0 Å². The van der Waals surface area contributed by atoms with Crippen LogP contribution >= 0.6 is 27.3 Å². The Bertz CT molecular complexity index is 279. The zero-order chi connectivity index (χ0) is 9.80. The summed E-state index contributed by atoms with van der Waals surface area (Å²) < 4.78 is 1.00. The lowest BCUT2D eigenvalue weighted by Crippen LogP contribution is -2.23. The molecule has 0 bridgehead atoms. The van der Waals surface area contributed by atoms with E-state index in [4.69, 9.17) is 0 Å².